The molecule has 1 aromatic heterocycles. The fourth-order valence-electron chi connectivity index (χ4n) is 2.31. The van der Waals surface area contributed by atoms with E-state index in [-0.39, 0.29) is 41.5 Å². The van der Waals surface area contributed by atoms with Gasteiger partial charge in [0.2, 0.25) is 0 Å². The Morgan fingerprint density at radius 3 is 2.33 bits per heavy atom. The summed E-state index contributed by atoms with van der Waals surface area (Å²) in [6, 6.07) is 0. The Morgan fingerprint density at radius 2 is 1.77 bits per heavy atom. The van der Waals surface area contributed by atoms with Crippen LogP contribution in [-0.2, 0) is 31.6 Å². The second-order valence-corrected chi connectivity index (χ2v) is 10.2. The number of aromatic amines is 1. The number of aliphatic hydroxyl groups is 1. The molecule has 0 aliphatic carbocycles. The molecule has 30 heavy (non-hydrogen) atoms. The van der Waals surface area contributed by atoms with Crippen LogP contribution in [0.3, 0.4) is 0 Å². The van der Waals surface area contributed by atoms with E-state index in [1.807, 2.05) is 4.98 Å². The number of phosphoric acid groups is 3. The molecule has 0 spiro atoms. The second kappa shape index (κ2) is 10.3. The van der Waals surface area contributed by atoms with Gasteiger partial charge >= 0.3 is 58.7 Å². The molecule has 1 aromatic rings. The summed E-state index contributed by atoms with van der Waals surface area (Å²) >= 11 is 0. The molecule has 0 bridgehead atoms. The number of nitrogens with one attached hydrogen (secondary N) is 1. The molecule has 20 heteroatoms. The van der Waals surface area contributed by atoms with Gasteiger partial charge in [-0.1, -0.05) is 0 Å². The van der Waals surface area contributed by atoms with Gasteiger partial charge in [-0.2, -0.15) is 8.62 Å². The Kier molecular flexibility index (Phi) is 9.63. The van der Waals surface area contributed by atoms with Gasteiger partial charge in [0.05, 0.1) is 12.7 Å². The summed E-state index contributed by atoms with van der Waals surface area (Å²) in [7, 11) is -16.6. The average Bonchev–Trinajstić information content (AvgIpc) is 2.86. The van der Waals surface area contributed by atoms with Crippen LogP contribution < -0.4 is 40.8 Å². The number of aliphatic hydroxyl groups excluding tert-OH is 1. The topological polar surface area (TPSA) is 244 Å². The summed E-state index contributed by atoms with van der Waals surface area (Å²) in [4.78, 5) is 60.6. The van der Waals surface area contributed by atoms with E-state index in [0.29, 0.717) is 0 Å². The molecule has 2 unspecified atom stereocenters. The Labute approximate surface area is 189 Å². The van der Waals surface area contributed by atoms with Crippen LogP contribution in [-0.4, -0.2) is 53.0 Å². The first-order chi connectivity index (χ1) is 13.1. The number of rotatable bonds is 8. The second-order valence-electron chi connectivity index (χ2n) is 5.80. The van der Waals surface area contributed by atoms with Gasteiger partial charge in [0.1, 0.15) is 12.3 Å². The van der Waals surface area contributed by atoms with E-state index in [0.717, 1.165) is 4.57 Å². The standard InChI is InChI=1S/C10H17N2O14P3.Na/c1-5-3-12(10(15)11-9(5)14)8-2-6(13)7(24-8)4-23-28(19,20)26-29(21,22)25-27(16,17)18;/h3,6-8,13H,2,4H2,1H3,(H,19,20)(H,21,22)(H,11,14,15)(H2,16,17,18);/q;+1/t6-,7+,8+;/m0./s1/i1+1,2+1,3+1,4+1,5+1,6+1,7+1,8+1,9+1,10+1,11+1,12+1;. The van der Waals surface area contributed by atoms with E-state index in [1.165, 1.54) is 13.1 Å². The third-order valence-corrected chi connectivity index (χ3v) is 7.28. The summed E-state index contributed by atoms with van der Waals surface area (Å²) in [5.41, 5.74) is -1.26. The third kappa shape index (κ3) is 8.17. The molecule has 166 valence electrons. The fraction of sp³-hybridized carbons (Fsp3) is 0.600. The Hall–Kier alpha value is 0.01000. The number of ether oxygens (including phenoxy) is 1. The molecular formula is C10H17N2NaO14P3+. The first-order valence-corrected chi connectivity index (χ1v) is 12.0. The van der Waals surface area contributed by atoms with Crippen molar-refractivity contribution in [3.63, 3.8) is 0 Å². The van der Waals surface area contributed by atoms with Gasteiger partial charge in [-0.15, -0.1) is 0 Å². The zero-order valence-corrected chi connectivity index (χ0v) is 20.1. The molecule has 0 amide bonds. The molecule has 1 fully saturated rings. The minimum Gasteiger partial charge on any atom is -0.390 e. The van der Waals surface area contributed by atoms with Crippen molar-refractivity contribution in [1.29, 1.82) is 0 Å². The van der Waals surface area contributed by atoms with Crippen LogP contribution in [0.1, 0.15) is 18.2 Å². The summed E-state index contributed by atoms with van der Waals surface area (Å²) in [6.45, 7) is 0.547. The quantitative estimate of drug-likeness (QED) is 0.109. The Morgan fingerprint density at radius 1 is 1.17 bits per heavy atom. The van der Waals surface area contributed by atoms with Crippen LogP contribution >= 0.6 is 23.5 Å². The maximum atomic E-state index is 11.9. The van der Waals surface area contributed by atoms with E-state index in [1.54, 1.807) is 0 Å². The van der Waals surface area contributed by atoms with Crippen LogP contribution in [0.5, 0.6) is 0 Å². The molecule has 1 saturated heterocycles. The predicted octanol–water partition coefficient (Wildman–Crippen LogP) is -4.16. The van der Waals surface area contributed by atoms with Gasteiger partial charge in [-0.25, -0.2) is 18.5 Å². The fourth-order valence-corrected chi connectivity index (χ4v) is 5.34. The molecule has 0 saturated carbocycles. The van der Waals surface area contributed by atoms with Gasteiger partial charge in [-0.05, 0) is 6.92 Å². The zero-order valence-electron chi connectivity index (χ0n) is 15.4. The van der Waals surface area contributed by atoms with Crippen LogP contribution in [0.25, 0.3) is 0 Å². The first kappa shape index (κ1) is 28.0. The summed E-state index contributed by atoms with van der Waals surface area (Å²) in [5, 5.41) is 9.98. The van der Waals surface area contributed by atoms with Crippen LogP contribution in [0.2, 0.25) is 0 Å². The van der Waals surface area contributed by atoms with Crippen LogP contribution in [0.15, 0.2) is 15.8 Å². The maximum absolute atomic E-state index is 11.9. The Balaban J connectivity index is 0.00000450. The van der Waals surface area contributed by atoms with Gasteiger partial charge < -0.3 is 29.4 Å². The van der Waals surface area contributed by atoms with E-state index in [4.69, 9.17) is 19.4 Å². The minimum atomic E-state index is -5.67. The maximum Gasteiger partial charge on any atom is 1.00 e. The summed E-state index contributed by atoms with van der Waals surface area (Å²) in [6.07, 6.45) is -2.67. The number of aryl methyl sites for hydroxylation is 1. The number of H-pyrrole nitrogens is 1. The molecule has 1 aliphatic heterocycles. The number of hydrogen-bond donors (Lipinski definition) is 6. The molecular weight excluding hydrogens is 500 g/mol. The van der Waals surface area contributed by atoms with Gasteiger partial charge in [0.15, 0.2) is 0 Å². The largest absolute Gasteiger partial charge is 1.00 e. The smallest absolute Gasteiger partial charge is 0.390 e. The van der Waals surface area contributed by atoms with Crippen molar-refractivity contribution in [3.05, 3.63) is 32.6 Å². The molecule has 5 atom stereocenters. The number of nitrogens with zero attached hydrogens (tertiary/aromatic N) is 1. The summed E-state index contributed by atoms with van der Waals surface area (Å²) in [5.74, 6) is 0. The predicted molar refractivity (Wildman–Crippen MR) is 90.4 cm³/mol. The van der Waals surface area contributed by atoms with Crippen molar-refractivity contribution in [3.8, 4) is 0 Å². The van der Waals surface area contributed by atoms with Crippen molar-refractivity contribution in [2.75, 3.05) is 6.61 Å². The van der Waals surface area contributed by atoms with Crippen molar-refractivity contribution in [1.82, 2.24) is 9.55 Å². The SMILES string of the molecule is [13CH3][13c]1[13cH][15n]([13C@H]2[13CH2][13C@H](O)[13C@@H]([13CH2]OP(=O)(O)OP(=O)(O)OP(=O)(O)O)O2)[13c](=O)[15nH][13c]1=O.[Na+]. The third-order valence-electron chi connectivity index (χ3n) is 3.48. The van der Waals surface area contributed by atoms with Crippen LogP contribution in [0.4, 0.5) is 0 Å². The molecule has 2 rings (SSSR count). The average molecular weight is 517 g/mol. The minimum absolute atomic E-state index is 0. The van der Waals surface area contributed by atoms with Crippen molar-refractivity contribution < 1.29 is 85.8 Å². The van der Waals surface area contributed by atoms with E-state index in [2.05, 4.69) is 13.1 Å². The van der Waals surface area contributed by atoms with E-state index in [9.17, 15) is 33.3 Å². The summed E-state index contributed by atoms with van der Waals surface area (Å²) < 4.78 is 51.3. The monoisotopic (exact) mass is 517 g/mol. The molecule has 16 nitrogen and oxygen atoms in total. The Bertz CT molecular complexity index is 1020. The normalized spacial score (nSPS) is 25.9. The zero-order chi connectivity index (χ0) is 22.2. The first-order valence-electron chi connectivity index (χ1n) is 7.52. The molecule has 6 N–H and O–H groups in total. The van der Waals surface area contributed by atoms with Crippen molar-refractivity contribution in [2.45, 2.75) is 31.8 Å². The van der Waals surface area contributed by atoms with Crippen LogP contribution in [0, 0.1) is 6.92 Å². The van der Waals surface area contributed by atoms with Crippen molar-refractivity contribution >= 4 is 23.5 Å². The van der Waals surface area contributed by atoms with Gasteiger partial charge in [0.25, 0.3) is 5.56 Å². The number of phosphoric ester groups is 1. The van der Waals surface area contributed by atoms with Crippen molar-refractivity contribution in [2.24, 2.45) is 0 Å². The molecule has 0 aromatic carbocycles. The number of aromatic nitrogens is 2. The van der Waals surface area contributed by atoms with E-state index < -0.39 is 59.8 Å². The number of hydrogen-bond acceptors (Lipinski definition) is 10. The molecule has 0 radical (unpaired) electrons. The van der Waals surface area contributed by atoms with Gasteiger partial charge in [0, 0.05) is 18.2 Å². The van der Waals surface area contributed by atoms with Gasteiger partial charge in [-0.3, -0.25) is 18.9 Å². The van der Waals surface area contributed by atoms with E-state index >= 15 is 0 Å². The molecule has 1 aliphatic rings. The molecule has 2 heterocycles.